The third kappa shape index (κ3) is 3.79. The second-order valence-corrected chi connectivity index (χ2v) is 10.1. The lowest BCUT2D eigenvalue weighted by molar-refractivity contribution is 0.576. The van der Waals surface area contributed by atoms with Crippen molar-refractivity contribution in [2.45, 2.75) is 25.5 Å². The van der Waals surface area contributed by atoms with E-state index >= 15 is 0 Å². The Morgan fingerprint density at radius 3 is 2.64 bits per heavy atom. The van der Waals surface area contributed by atoms with E-state index in [2.05, 4.69) is 30.6 Å². The van der Waals surface area contributed by atoms with Gasteiger partial charge in [0.15, 0.2) is 5.65 Å². The second kappa shape index (κ2) is 8.09. The fraction of sp³-hybridized carbons (Fsp3) is 0.190. The van der Waals surface area contributed by atoms with E-state index in [-0.39, 0.29) is 10.9 Å². The lowest BCUT2D eigenvalue weighted by Gasteiger charge is -2.11. The van der Waals surface area contributed by atoms with Crippen LogP contribution >= 0.6 is 11.6 Å². The molecule has 4 aromatic heterocycles. The average Bonchev–Trinajstić information content (AvgIpc) is 3.54. The number of benzene rings is 1. The number of imidazole rings is 1. The molecule has 0 fully saturated rings. The first-order valence-electron chi connectivity index (χ1n) is 10.1. The van der Waals surface area contributed by atoms with Gasteiger partial charge in [-0.15, -0.1) is 10.2 Å². The molecule has 0 bridgehead atoms. The summed E-state index contributed by atoms with van der Waals surface area (Å²) in [6.45, 7) is 3.81. The first kappa shape index (κ1) is 21.3. The Hall–Kier alpha value is -3.57. The van der Waals surface area contributed by atoms with Crippen molar-refractivity contribution in [3.8, 4) is 17.2 Å². The monoisotopic (exact) mass is 482 g/mol. The highest BCUT2D eigenvalue weighted by Gasteiger charge is 2.24. The predicted molar refractivity (Wildman–Crippen MR) is 123 cm³/mol. The summed E-state index contributed by atoms with van der Waals surface area (Å²) in [5.74, 6) is 0.383. The van der Waals surface area contributed by atoms with Crippen LogP contribution in [0.3, 0.4) is 0 Å². The molecule has 0 aliphatic rings. The van der Waals surface area contributed by atoms with Gasteiger partial charge >= 0.3 is 0 Å². The van der Waals surface area contributed by atoms with Crippen molar-refractivity contribution in [2.75, 3.05) is 5.75 Å². The Labute approximate surface area is 194 Å². The molecule has 0 unspecified atom stereocenters. The smallest absolute Gasteiger partial charge is 0.230 e. The van der Waals surface area contributed by atoms with E-state index in [0.717, 1.165) is 16.8 Å². The molecule has 0 saturated carbocycles. The van der Waals surface area contributed by atoms with Gasteiger partial charge in [-0.3, -0.25) is 4.57 Å². The van der Waals surface area contributed by atoms with Gasteiger partial charge in [0, 0.05) is 18.1 Å². The lowest BCUT2D eigenvalue weighted by Crippen LogP contribution is -2.13. The van der Waals surface area contributed by atoms with Crippen LogP contribution < -0.4 is 0 Å². The van der Waals surface area contributed by atoms with Crippen LogP contribution in [0.15, 0.2) is 53.9 Å². The first-order valence-corrected chi connectivity index (χ1v) is 12.2. The molecule has 4 heterocycles. The van der Waals surface area contributed by atoms with E-state index in [1.807, 2.05) is 41.8 Å². The summed E-state index contributed by atoms with van der Waals surface area (Å²) in [6.07, 6.45) is 3.43. The van der Waals surface area contributed by atoms with E-state index < -0.39 is 9.84 Å². The van der Waals surface area contributed by atoms with Crippen molar-refractivity contribution in [2.24, 2.45) is 0 Å². The number of sulfone groups is 1. The number of halogens is 1. The quantitative estimate of drug-likeness (QED) is 0.394. The molecular formula is C21H19ClN8O2S. The van der Waals surface area contributed by atoms with E-state index in [9.17, 15) is 8.42 Å². The summed E-state index contributed by atoms with van der Waals surface area (Å²) in [6, 6.07) is 11.3. The van der Waals surface area contributed by atoms with E-state index in [4.69, 9.17) is 11.6 Å². The predicted octanol–water partition coefficient (Wildman–Crippen LogP) is 3.21. The number of aromatic nitrogens is 8. The van der Waals surface area contributed by atoms with Crippen LogP contribution in [-0.2, 0) is 16.4 Å². The van der Waals surface area contributed by atoms with Crippen molar-refractivity contribution >= 4 is 32.6 Å². The summed E-state index contributed by atoms with van der Waals surface area (Å²) in [4.78, 5) is 8.84. The minimum Gasteiger partial charge on any atom is -0.312 e. The van der Waals surface area contributed by atoms with Crippen LogP contribution in [0.2, 0.25) is 5.02 Å². The van der Waals surface area contributed by atoms with Crippen LogP contribution in [0, 0.1) is 6.92 Å². The van der Waals surface area contributed by atoms with Gasteiger partial charge in [-0.1, -0.05) is 30.7 Å². The summed E-state index contributed by atoms with van der Waals surface area (Å²) >= 11 is 6.22. The number of nitrogens with one attached hydrogen (secondary N) is 1. The molecule has 0 amide bonds. The summed E-state index contributed by atoms with van der Waals surface area (Å²) in [7, 11) is -3.54. The van der Waals surface area contributed by atoms with Gasteiger partial charge in [-0.25, -0.2) is 18.4 Å². The number of pyridine rings is 1. The van der Waals surface area contributed by atoms with E-state index in [1.54, 1.807) is 30.0 Å². The largest absolute Gasteiger partial charge is 0.312 e. The molecule has 10 nitrogen and oxygen atoms in total. The fourth-order valence-corrected chi connectivity index (χ4v) is 4.83. The summed E-state index contributed by atoms with van der Waals surface area (Å²) in [5.41, 5.74) is 4.44. The van der Waals surface area contributed by atoms with Crippen molar-refractivity contribution in [1.29, 1.82) is 0 Å². The van der Waals surface area contributed by atoms with Gasteiger partial charge in [0.2, 0.25) is 20.8 Å². The van der Waals surface area contributed by atoms with Crippen LogP contribution in [0.25, 0.3) is 28.4 Å². The van der Waals surface area contributed by atoms with Gasteiger partial charge in [-0.2, -0.15) is 5.21 Å². The number of aromatic amines is 1. The SMILES string of the molecule is CCS(=O)(=O)c1nc2c(C)ccnc2n1Cc1ccc(-n2cc(Cl)cc2-c2nn[nH]n2)cc1. The third-order valence-corrected chi connectivity index (χ3v) is 7.21. The normalized spacial score (nSPS) is 12.0. The van der Waals surface area contributed by atoms with Gasteiger partial charge in [0.25, 0.3) is 0 Å². The molecule has 0 radical (unpaired) electrons. The lowest BCUT2D eigenvalue weighted by atomic mass is 10.2. The Bertz CT molecular complexity index is 1550. The Balaban J connectivity index is 1.54. The zero-order valence-electron chi connectivity index (χ0n) is 17.8. The maximum absolute atomic E-state index is 12.7. The van der Waals surface area contributed by atoms with Crippen molar-refractivity contribution in [3.05, 3.63) is 64.9 Å². The molecule has 0 saturated heterocycles. The molecule has 1 N–H and O–H groups in total. The van der Waals surface area contributed by atoms with Crippen LogP contribution in [0.4, 0.5) is 0 Å². The standard InChI is InChI=1S/C21H19ClN8O2S/c1-3-33(31,32)21-24-18-13(2)8-9-23-20(18)30(21)11-14-4-6-16(7-5-14)29-12-15(22)10-17(29)19-25-27-28-26-19/h4-10,12H,3,11H2,1-2H3,(H,25,26,27,28). The molecule has 5 aromatic rings. The van der Waals surface area contributed by atoms with Gasteiger partial charge < -0.3 is 4.57 Å². The number of hydrogen-bond acceptors (Lipinski definition) is 7. The van der Waals surface area contributed by atoms with Crippen molar-refractivity contribution in [1.82, 2.24) is 39.7 Å². The van der Waals surface area contributed by atoms with E-state index in [1.165, 1.54) is 0 Å². The molecule has 0 aliphatic heterocycles. The minimum atomic E-state index is -3.54. The number of H-pyrrole nitrogens is 1. The number of aryl methyl sites for hydroxylation is 1. The van der Waals surface area contributed by atoms with Gasteiger partial charge in [0.1, 0.15) is 5.52 Å². The average molecular weight is 483 g/mol. The zero-order chi connectivity index (χ0) is 23.2. The van der Waals surface area contributed by atoms with Gasteiger partial charge in [-0.05, 0) is 47.5 Å². The van der Waals surface area contributed by atoms with Crippen molar-refractivity contribution in [3.63, 3.8) is 0 Å². The highest BCUT2D eigenvalue weighted by Crippen LogP contribution is 2.27. The zero-order valence-corrected chi connectivity index (χ0v) is 19.3. The number of nitrogens with zero attached hydrogens (tertiary/aromatic N) is 7. The summed E-state index contributed by atoms with van der Waals surface area (Å²) in [5, 5.41) is 14.7. The molecule has 12 heteroatoms. The molecule has 0 aliphatic carbocycles. The maximum atomic E-state index is 12.7. The molecule has 5 rings (SSSR count). The molecule has 0 spiro atoms. The molecule has 168 valence electrons. The number of rotatable bonds is 6. The number of tetrazole rings is 1. The van der Waals surface area contributed by atoms with Crippen molar-refractivity contribution < 1.29 is 8.42 Å². The van der Waals surface area contributed by atoms with Crippen LogP contribution in [0.1, 0.15) is 18.1 Å². The summed E-state index contributed by atoms with van der Waals surface area (Å²) < 4.78 is 29.0. The minimum absolute atomic E-state index is 0.0301. The number of hydrogen-bond donors (Lipinski definition) is 1. The number of fused-ring (bicyclic) bond motifs is 1. The van der Waals surface area contributed by atoms with Crippen LogP contribution in [0.5, 0.6) is 0 Å². The highest BCUT2D eigenvalue weighted by atomic mass is 35.5. The maximum Gasteiger partial charge on any atom is 0.230 e. The molecule has 1 aromatic carbocycles. The second-order valence-electron chi connectivity index (χ2n) is 7.50. The topological polar surface area (TPSA) is 124 Å². The van der Waals surface area contributed by atoms with E-state index in [0.29, 0.717) is 34.2 Å². The molecular weight excluding hydrogens is 464 g/mol. The first-order chi connectivity index (χ1) is 15.9. The highest BCUT2D eigenvalue weighted by molar-refractivity contribution is 7.91. The van der Waals surface area contributed by atoms with Gasteiger partial charge in [0.05, 0.1) is 23.0 Å². The Kier molecular flexibility index (Phi) is 5.22. The molecule has 0 atom stereocenters. The third-order valence-electron chi connectivity index (χ3n) is 5.38. The Morgan fingerprint density at radius 2 is 1.94 bits per heavy atom. The van der Waals surface area contributed by atoms with Crippen LogP contribution in [-0.4, -0.2) is 53.9 Å². The fourth-order valence-electron chi connectivity index (χ4n) is 3.66. The molecule has 33 heavy (non-hydrogen) atoms. The Morgan fingerprint density at radius 1 is 1.15 bits per heavy atom.